The quantitative estimate of drug-likeness (QED) is 0.805. The van der Waals surface area contributed by atoms with Crippen molar-refractivity contribution in [3.05, 3.63) is 29.6 Å². The Kier molecular flexibility index (Phi) is 3.52. The number of carbonyl (C=O) groups is 1. The van der Waals surface area contributed by atoms with Gasteiger partial charge in [0.25, 0.3) is 5.91 Å². The summed E-state index contributed by atoms with van der Waals surface area (Å²) < 4.78 is 18.8. The highest BCUT2D eigenvalue weighted by molar-refractivity contribution is 5.99. The highest BCUT2D eigenvalue weighted by Crippen LogP contribution is 2.24. The Balaban J connectivity index is 2.01. The molecule has 18 heavy (non-hydrogen) atoms. The molecule has 0 aromatic heterocycles. The molecule has 0 aliphatic carbocycles. The van der Waals surface area contributed by atoms with E-state index in [1.165, 1.54) is 18.2 Å². The predicted molar refractivity (Wildman–Crippen MR) is 66.7 cm³/mol. The lowest BCUT2D eigenvalue weighted by molar-refractivity contribution is 0.0206. The van der Waals surface area contributed by atoms with Crippen LogP contribution in [0.15, 0.2) is 18.2 Å². The van der Waals surface area contributed by atoms with Gasteiger partial charge in [-0.15, -0.1) is 0 Å². The fourth-order valence-corrected chi connectivity index (χ4v) is 2.07. The van der Waals surface area contributed by atoms with Crippen molar-refractivity contribution in [3.8, 4) is 0 Å². The van der Waals surface area contributed by atoms with E-state index in [0.717, 1.165) is 12.8 Å². The summed E-state index contributed by atoms with van der Waals surface area (Å²) in [4.78, 5) is 11.9. The summed E-state index contributed by atoms with van der Waals surface area (Å²) in [5, 5.41) is 2.74. The molecular formula is C13H17FN2O2. The smallest absolute Gasteiger partial charge is 0.253 e. The first-order valence-corrected chi connectivity index (χ1v) is 5.98. The van der Waals surface area contributed by atoms with E-state index in [-0.39, 0.29) is 22.8 Å². The van der Waals surface area contributed by atoms with Crippen molar-refractivity contribution >= 4 is 11.6 Å². The molecule has 1 atom stereocenters. The maximum atomic E-state index is 13.2. The normalized spacial score (nSPS) is 23.0. The van der Waals surface area contributed by atoms with Crippen LogP contribution in [0.2, 0.25) is 0 Å². The Morgan fingerprint density at radius 1 is 1.61 bits per heavy atom. The van der Waals surface area contributed by atoms with Gasteiger partial charge in [-0.05, 0) is 31.9 Å². The van der Waals surface area contributed by atoms with Crippen molar-refractivity contribution < 1.29 is 13.9 Å². The van der Waals surface area contributed by atoms with Gasteiger partial charge in [0.2, 0.25) is 0 Å². The Morgan fingerprint density at radius 2 is 2.39 bits per heavy atom. The number of carbonyl (C=O) groups excluding carboxylic acids is 1. The van der Waals surface area contributed by atoms with E-state index in [9.17, 15) is 9.18 Å². The molecule has 0 radical (unpaired) electrons. The average molecular weight is 252 g/mol. The number of anilines is 1. The molecule has 4 nitrogen and oxygen atoms in total. The fourth-order valence-electron chi connectivity index (χ4n) is 2.07. The third kappa shape index (κ3) is 2.61. The number of amides is 1. The number of halogens is 1. The Morgan fingerprint density at radius 3 is 3.06 bits per heavy atom. The third-order valence-corrected chi connectivity index (χ3v) is 3.22. The van der Waals surface area contributed by atoms with E-state index >= 15 is 0 Å². The van der Waals surface area contributed by atoms with Crippen molar-refractivity contribution in [1.82, 2.24) is 5.32 Å². The Labute approximate surface area is 105 Å². The number of ether oxygens (including phenoxy) is 1. The van der Waals surface area contributed by atoms with Crippen LogP contribution < -0.4 is 11.1 Å². The molecular weight excluding hydrogens is 235 g/mol. The Hall–Kier alpha value is -1.62. The second-order valence-electron chi connectivity index (χ2n) is 4.79. The summed E-state index contributed by atoms with van der Waals surface area (Å²) in [7, 11) is 0. The zero-order valence-electron chi connectivity index (χ0n) is 10.3. The van der Waals surface area contributed by atoms with Gasteiger partial charge in [0.1, 0.15) is 5.82 Å². The van der Waals surface area contributed by atoms with Crippen LogP contribution in [0.1, 0.15) is 30.1 Å². The van der Waals surface area contributed by atoms with Crippen LogP contribution in [-0.4, -0.2) is 24.7 Å². The minimum Gasteiger partial charge on any atom is -0.396 e. The molecule has 1 amide bonds. The predicted octanol–water partition coefficient (Wildman–Crippen LogP) is 1.71. The molecule has 1 aliphatic rings. The van der Waals surface area contributed by atoms with Gasteiger partial charge in [-0.1, -0.05) is 6.07 Å². The summed E-state index contributed by atoms with van der Waals surface area (Å²) in [6, 6.07) is 4.20. The Bertz CT molecular complexity index is 456. The van der Waals surface area contributed by atoms with Crippen LogP contribution in [0.3, 0.4) is 0 Å². The highest BCUT2D eigenvalue weighted by atomic mass is 19.1. The molecule has 5 heteroatoms. The summed E-state index contributed by atoms with van der Waals surface area (Å²) in [6.07, 6.45) is 1.90. The summed E-state index contributed by atoms with van der Waals surface area (Å²) in [6.45, 7) is 3.07. The minimum atomic E-state index is -0.578. The van der Waals surface area contributed by atoms with Gasteiger partial charge in [0.05, 0.1) is 16.9 Å². The zero-order chi connectivity index (χ0) is 13.2. The lowest BCUT2D eigenvalue weighted by atomic mass is 10.0. The second-order valence-corrected chi connectivity index (χ2v) is 4.79. The van der Waals surface area contributed by atoms with Gasteiger partial charge >= 0.3 is 0 Å². The second kappa shape index (κ2) is 4.94. The molecule has 1 fully saturated rings. The number of rotatable bonds is 3. The standard InChI is InChI=1S/C13H17FN2O2/c1-13(6-3-7-18-13)8-16-12(17)9-4-2-5-10(14)11(9)15/h2,4-5H,3,6-8,15H2,1H3,(H,16,17). The number of nitrogen functional groups attached to an aromatic ring is 1. The van der Waals surface area contributed by atoms with E-state index in [0.29, 0.717) is 13.2 Å². The van der Waals surface area contributed by atoms with Gasteiger partial charge in [-0.25, -0.2) is 4.39 Å². The van der Waals surface area contributed by atoms with E-state index in [2.05, 4.69) is 5.32 Å². The monoisotopic (exact) mass is 252 g/mol. The molecule has 1 aromatic carbocycles. The molecule has 0 spiro atoms. The zero-order valence-corrected chi connectivity index (χ0v) is 10.3. The van der Waals surface area contributed by atoms with Crippen molar-refractivity contribution in [1.29, 1.82) is 0 Å². The molecule has 1 aromatic rings. The van der Waals surface area contributed by atoms with Gasteiger partial charge in [0.15, 0.2) is 0 Å². The van der Waals surface area contributed by atoms with E-state index < -0.39 is 5.82 Å². The lowest BCUT2D eigenvalue weighted by Crippen LogP contribution is -2.40. The van der Waals surface area contributed by atoms with Gasteiger partial charge in [0, 0.05) is 13.2 Å². The first-order chi connectivity index (χ1) is 8.52. The highest BCUT2D eigenvalue weighted by Gasteiger charge is 2.30. The largest absolute Gasteiger partial charge is 0.396 e. The topological polar surface area (TPSA) is 64.4 Å². The molecule has 98 valence electrons. The minimum absolute atomic E-state index is 0.118. The maximum Gasteiger partial charge on any atom is 0.253 e. The SMILES string of the molecule is CC1(CNC(=O)c2cccc(F)c2N)CCCO1. The van der Waals surface area contributed by atoms with Crippen LogP contribution >= 0.6 is 0 Å². The van der Waals surface area contributed by atoms with Crippen LogP contribution in [0.5, 0.6) is 0 Å². The van der Waals surface area contributed by atoms with Crippen molar-refractivity contribution in [2.24, 2.45) is 0 Å². The first kappa shape index (κ1) is 12.8. The third-order valence-electron chi connectivity index (χ3n) is 3.22. The molecule has 1 aliphatic heterocycles. The van der Waals surface area contributed by atoms with Gasteiger partial charge in [-0.3, -0.25) is 4.79 Å². The number of hydrogen-bond acceptors (Lipinski definition) is 3. The average Bonchev–Trinajstić information content (AvgIpc) is 2.77. The van der Waals surface area contributed by atoms with Gasteiger partial charge < -0.3 is 15.8 Å². The first-order valence-electron chi connectivity index (χ1n) is 5.98. The van der Waals surface area contributed by atoms with Gasteiger partial charge in [-0.2, -0.15) is 0 Å². The summed E-state index contributed by atoms with van der Waals surface area (Å²) in [5.41, 5.74) is 5.26. The molecule has 2 rings (SSSR count). The molecule has 1 heterocycles. The summed E-state index contributed by atoms with van der Waals surface area (Å²) >= 11 is 0. The van der Waals surface area contributed by atoms with E-state index in [1.54, 1.807) is 0 Å². The summed E-state index contributed by atoms with van der Waals surface area (Å²) in [5.74, 6) is -0.949. The number of benzene rings is 1. The fraction of sp³-hybridized carbons (Fsp3) is 0.462. The number of hydrogen-bond donors (Lipinski definition) is 2. The maximum absolute atomic E-state index is 13.2. The van der Waals surface area contributed by atoms with Crippen LogP contribution in [-0.2, 0) is 4.74 Å². The molecule has 1 saturated heterocycles. The van der Waals surface area contributed by atoms with Crippen LogP contribution in [0.25, 0.3) is 0 Å². The van der Waals surface area contributed by atoms with Crippen LogP contribution in [0.4, 0.5) is 10.1 Å². The number of nitrogens with two attached hydrogens (primary N) is 1. The molecule has 1 unspecified atom stereocenters. The van der Waals surface area contributed by atoms with Crippen molar-refractivity contribution in [2.75, 3.05) is 18.9 Å². The van der Waals surface area contributed by atoms with E-state index in [4.69, 9.17) is 10.5 Å². The van der Waals surface area contributed by atoms with Crippen molar-refractivity contribution in [3.63, 3.8) is 0 Å². The number of para-hydroxylation sites is 1. The molecule has 3 N–H and O–H groups in total. The molecule has 0 bridgehead atoms. The van der Waals surface area contributed by atoms with Crippen molar-refractivity contribution in [2.45, 2.75) is 25.4 Å². The lowest BCUT2D eigenvalue weighted by Gasteiger charge is -2.23. The number of nitrogens with one attached hydrogen (secondary N) is 1. The molecule has 0 saturated carbocycles. The van der Waals surface area contributed by atoms with Crippen LogP contribution in [0, 0.1) is 5.82 Å². The van der Waals surface area contributed by atoms with E-state index in [1.807, 2.05) is 6.92 Å².